The molecule has 5 aliphatic rings. The van der Waals surface area contributed by atoms with Crippen LogP contribution in [0.5, 0.6) is 0 Å². The van der Waals surface area contributed by atoms with Gasteiger partial charge in [0, 0.05) is 16.7 Å². The highest BCUT2D eigenvalue weighted by atomic mass is 16.5. The molecule has 4 fully saturated rings. The summed E-state index contributed by atoms with van der Waals surface area (Å²) >= 11 is 0. The van der Waals surface area contributed by atoms with Gasteiger partial charge in [-0.1, -0.05) is 58.9 Å². The highest BCUT2D eigenvalue weighted by Crippen LogP contribution is 2.77. The van der Waals surface area contributed by atoms with E-state index in [4.69, 9.17) is 4.74 Å². The molecule has 0 amide bonds. The van der Waals surface area contributed by atoms with E-state index in [1.54, 1.807) is 0 Å². The molecule has 1 saturated heterocycles. The maximum absolute atomic E-state index is 10.9. The van der Waals surface area contributed by atoms with Gasteiger partial charge in [-0.3, -0.25) is 0 Å². The first kappa shape index (κ1) is 24.1. The molecule has 1 spiro atoms. The van der Waals surface area contributed by atoms with Gasteiger partial charge in [-0.2, -0.15) is 0 Å². The zero-order valence-corrected chi connectivity index (χ0v) is 22.2. The minimum atomic E-state index is -0.728. The average molecular weight is 457 g/mol. The van der Waals surface area contributed by atoms with Crippen LogP contribution in [0.3, 0.4) is 0 Å². The number of hydrogen-bond acceptors (Lipinski definition) is 3. The maximum atomic E-state index is 10.9. The summed E-state index contributed by atoms with van der Waals surface area (Å²) in [5.74, 6) is 2.45. The predicted molar refractivity (Wildman–Crippen MR) is 134 cm³/mol. The summed E-state index contributed by atoms with van der Waals surface area (Å²) in [5, 5.41) is 21.0. The van der Waals surface area contributed by atoms with Crippen LogP contribution in [0.15, 0.2) is 24.3 Å². The smallest absolute Gasteiger partial charge is 0.0972 e. The molecule has 0 aromatic rings. The van der Waals surface area contributed by atoms with Crippen LogP contribution in [-0.2, 0) is 4.74 Å². The van der Waals surface area contributed by atoms with Crippen molar-refractivity contribution in [1.82, 2.24) is 0 Å². The van der Waals surface area contributed by atoms with E-state index in [0.717, 1.165) is 31.8 Å². The van der Waals surface area contributed by atoms with Crippen molar-refractivity contribution < 1.29 is 14.9 Å². The Hall–Kier alpha value is -0.640. The maximum Gasteiger partial charge on any atom is 0.0972 e. The summed E-state index contributed by atoms with van der Waals surface area (Å²) in [7, 11) is 0. The third-order valence-electron chi connectivity index (χ3n) is 12.1. The molecule has 33 heavy (non-hydrogen) atoms. The van der Waals surface area contributed by atoms with Crippen LogP contribution in [-0.4, -0.2) is 34.1 Å². The molecule has 3 saturated carbocycles. The normalized spacial score (nSPS) is 51.3. The van der Waals surface area contributed by atoms with Gasteiger partial charge in [0.25, 0.3) is 0 Å². The first-order chi connectivity index (χ1) is 15.2. The third kappa shape index (κ3) is 2.97. The summed E-state index contributed by atoms with van der Waals surface area (Å²) in [5.41, 5.74) is -0.392. The zero-order chi connectivity index (χ0) is 24.1. The molecular formula is C30H48O3. The molecule has 3 heteroatoms. The first-order valence-electron chi connectivity index (χ1n) is 13.7. The van der Waals surface area contributed by atoms with Gasteiger partial charge >= 0.3 is 0 Å². The number of allylic oxidation sites excluding steroid dienone is 2. The lowest BCUT2D eigenvalue weighted by molar-refractivity contribution is -0.168. The molecule has 3 nitrogen and oxygen atoms in total. The Morgan fingerprint density at radius 1 is 1.06 bits per heavy atom. The topological polar surface area (TPSA) is 49.7 Å². The van der Waals surface area contributed by atoms with Gasteiger partial charge in [-0.15, -0.1) is 0 Å². The van der Waals surface area contributed by atoms with E-state index in [0.29, 0.717) is 28.6 Å². The van der Waals surface area contributed by atoms with E-state index in [1.165, 1.54) is 25.7 Å². The van der Waals surface area contributed by atoms with Gasteiger partial charge in [0.05, 0.1) is 23.9 Å². The molecule has 186 valence electrons. The Morgan fingerprint density at radius 2 is 1.79 bits per heavy atom. The Kier molecular flexibility index (Phi) is 5.25. The minimum Gasteiger partial charge on any atom is -0.392 e. The molecule has 2 N–H and O–H groups in total. The monoisotopic (exact) mass is 456 g/mol. The third-order valence-corrected chi connectivity index (χ3v) is 12.1. The van der Waals surface area contributed by atoms with Crippen molar-refractivity contribution in [2.75, 3.05) is 6.61 Å². The van der Waals surface area contributed by atoms with Crippen LogP contribution in [0, 0.1) is 45.3 Å². The number of fused-ring (bicyclic) bond motifs is 2. The second kappa shape index (κ2) is 7.20. The standard InChI is InChI=1S/C30H48O3/c1-20(9-8-14-25(2,3)32)21-12-15-28(7)22-13-16-30-23(10-11-24(31)26(30,4)5)29(22,19-33-30)18-17-27(21,28)6/h8,13-14,16,20-24,31-32H,9-12,15,17-19H2,1-7H3/b14-8+/t20-,21?,22?,23?,24+,27-,28+,29+,30?/m1/s1. The predicted octanol–water partition coefficient (Wildman–Crippen LogP) is 6.29. The second-order valence-corrected chi connectivity index (χ2v) is 14.3. The van der Waals surface area contributed by atoms with E-state index in [2.05, 4.69) is 52.8 Å². The van der Waals surface area contributed by atoms with Gasteiger partial charge in [-0.05, 0) is 87.4 Å². The molecule has 4 unspecified atom stereocenters. The zero-order valence-electron chi connectivity index (χ0n) is 22.2. The fourth-order valence-corrected chi connectivity index (χ4v) is 9.93. The molecule has 0 radical (unpaired) electrons. The van der Waals surface area contributed by atoms with E-state index in [-0.39, 0.29) is 22.5 Å². The van der Waals surface area contributed by atoms with Gasteiger partial charge in [0.1, 0.15) is 0 Å². The Morgan fingerprint density at radius 3 is 2.48 bits per heavy atom. The summed E-state index contributed by atoms with van der Waals surface area (Å²) in [6, 6.07) is 0. The SMILES string of the molecule is C[C@H](C/C=C/C(C)(C)O)C1CC[C@@]2(C)C3C=CC45OC[C@]3(CC[C@]12C)C4CC[C@H](O)C5(C)C. The minimum absolute atomic E-state index is 0.234. The van der Waals surface area contributed by atoms with Crippen molar-refractivity contribution in [3.63, 3.8) is 0 Å². The van der Waals surface area contributed by atoms with Gasteiger partial charge in [0.2, 0.25) is 0 Å². The second-order valence-electron chi connectivity index (χ2n) is 14.3. The van der Waals surface area contributed by atoms with Gasteiger partial charge in [0.15, 0.2) is 0 Å². The van der Waals surface area contributed by atoms with E-state index >= 15 is 0 Å². The summed E-state index contributed by atoms with van der Waals surface area (Å²) in [6.07, 6.45) is 17.1. The molecule has 4 aliphatic carbocycles. The van der Waals surface area contributed by atoms with Crippen LogP contribution in [0.4, 0.5) is 0 Å². The van der Waals surface area contributed by atoms with E-state index in [1.807, 2.05) is 19.9 Å². The van der Waals surface area contributed by atoms with Crippen molar-refractivity contribution in [2.24, 2.45) is 45.3 Å². The molecule has 0 aromatic carbocycles. The molecule has 5 rings (SSSR count). The molecule has 0 aromatic heterocycles. The molecule has 9 atom stereocenters. The van der Waals surface area contributed by atoms with Crippen molar-refractivity contribution in [2.45, 2.75) is 111 Å². The van der Waals surface area contributed by atoms with Crippen LogP contribution in [0.25, 0.3) is 0 Å². The highest BCUT2D eigenvalue weighted by molar-refractivity contribution is 5.33. The number of ether oxygens (including phenoxy) is 1. The molecule has 1 heterocycles. The number of aliphatic hydroxyl groups excluding tert-OH is 1. The van der Waals surface area contributed by atoms with Crippen LogP contribution in [0.1, 0.15) is 93.4 Å². The fourth-order valence-electron chi connectivity index (χ4n) is 9.93. The average Bonchev–Trinajstić information content (AvgIpc) is 3.11. The van der Waals surface area contributed by atoms with Crippen molar-refractivity contribution >= 4 is 0 Å². The fraction of sp³-hybridized carbons (Fsp3) is 0.867. The van der Waals surface area contributed by atoms with Gasteiger partial charge in [-0.25, -0.2) is 0 Å². The van der Waals surface area contributed by atoms with Crippen molar-refractivity contribution in [3.8, 4) is 0 Å². The number of aliphatic hydroxyl groups is 2. The van der Waals surface area contributed by atoms with Crippen LogP contribution in [0.2, 0.25) is 0 Å². The lowest BCUT2D eigenvalue weighted by Gasteiger charge is -2.65. The summed E-state index contributed by atoms with van der Waals surface area (Å²) < 4.78 is 6.82. The van der Waals surface area contributed by atoms with Crippen LogP contribution >= 0.6 is 0 Å². The first-order valence-corrected chi connectivity index (χ1v) is 13.7. The lowest BCUT2D eigenvalue weighted by Crippen LogP contribution is -2.64. The quantitative estimate of drug-likeness (QED) is 0.488. The van der Waals surface area contributed by atoms with Crippen molar-refractivity contribution in [1.29, 1.82) is 0 Å². The molecular weight excluding hydrogens is 408 g/mol. The Labute approximate surface area is 202 Å². The van der Waals surface area contributed by atoms with E-state index < -0.39 is 5.60 Å². The molecule has 2 bridgehead atoms. The lowest BCUT2D eigenvalue weighted by atomic mass is 9.38. The Bertz CT molecular complexity index is 851. The number of hydrogen-bond donors (Lipinski definition) is 2. The van der Waals surface area contributed by atoms with Crippen molar-refractivity contribution in [3.05, 3.63) is 24.3 Å². The van der Waals surface area contributed by atoms with Crippen LogP contribution < -0.4 is 0 Å². The van der Waals surface area contributed by atoms with Gasteiger partial charge < -0.3 is 14.9 Å². The van der Waals surface area contributed by atoms with E-state index in [9.17, 15) is 10.2 Å². The Balaban J connectivity index is 1.47. The highest BCUT2D eigenvalue weighted by Gasteiger charge is 2.75. The molecule has 1 aliphatic heterocycles. The number of rotatable bonds is 4. The summed E-state index contributed by atoms with van der Waals surface area (Å²) in [4.78, 5) is 0. The largest absolute Gasteiger partial charge is 0.392 e. The summed E-state index contributed by atoms with van der Waals surface area (Å²) in [6.45, 7) is 16.7.